The first-order valence-electron chi connectivity index (χ1n) is 6.68. The van der Waals surface area contributed by atoms with E-state index in [0.717, 1.165) is 39.1 Å². The fraction of sp³-hybridized carbons (Fsp3) is 0.750. The lowest BCUT2D eigenvalue weighted by molar-refractivity contribution is 0.103. The minimum absolute atomic E-state index is 0.135. The Kier molecular flexibility index (Phi) is 4.73. The van der Waals surface area contributed by atoms with Gasteiger partial charge in [-0.1, -0.05) is 6.92 Å². The highest BCUT2D eigenvalue weighted by Crippen LogP contribution is 2.17. The van der Waals surface area contributed by atoms with Gasteiger partial charge in [-0.05, 0) is 12.8 Å². The predicted molar refractivity (Wildman–Crippen MR) is 70.8 cm³/mol. The first-order valence-corrected chi connectivity index (χ1v) is 6.68. The number of anilines is 1. The summed E-state index contributed by atoms with van der Waals surface area (Å²) in [5, 5.41) is 6.72. The van der Waals surface area contributed by atoms with E-state index in [9.17, 15) is 4.79 Å². The summed E-state index contributed by atoms with van der Waals surface area (Å²) in [5.41, 5.74) is 0. The fourth-order valence-corrected chi connectivity index (χ4v) is 2.12. The zero-order valence-corrected chi connectivity index (χ0v) is 11.5. The molecule has 1 saturated heterocycles. The lowest BCUT2D eigenvalue weighted by atomic mass is 10.1. The Bertz CT molecular complexity index is 420. The van der Waals surface area contributed by atoms with Crippen LogP contribution in [-0.2, 0) is 11.8 Å². The zero-order valence-electron chi connectivity index (χ0n) is 11.5. The van der Waals surface area contributed by atoms with Crippen LogP contribution in [0.15, 0.2) is 6.33 Å². The molecular formula is C12H21N5O2. The van der Waals surface area contributed by atoms with Gasteiger partial charge in [0, 0.05) is 32.7 Å². The van der Waals surface area contributed by atoms with Crippen molar-refractivity contribution in [1.82, 2.24) is 19.7 Å². The van der Waals surface area contributed by atoms with Crippen LogP contribution in [0.2, 0.25) is 0 Å². The number of carbonyl (C=O) groups is 1. The molecule has 0 saturated carbocycles. The van der Waals surface area contributed by atoms with Crippen LogP contribution in [0, 0.1) is 5.92 Å². The number of amides is 2. The molecule has 2 rings (SSSR count). The third-order valence-corrected chi connectivity index (χ3v) is 3.09. The third-order valence-electron chi connectivity index (χ3n) is 3.09. The SMILES string of the molecule is CCCOCC1CCN(C(=O)Nc2ncn(C)n2)C1. The first-order chi connectivity index (χ1) is 9.19. The zero-order chi connectivity index (χ0) is 13.7. The molecule has 1 atom stereocenters. The van der Waals surface area contributed by atoms with Crippen molar-refractivity contribution in [2.75, 3.05) is 31.6 Å². The van der Waals surface area contributed by atoms with Crippen molar-refractivity contribution < 1.29 is 9.53 Å². The van der Waals surface area contributed by atoms with Gasteiger partial charge in [-0.15, -0.1) is 5.10 Å². The van der Waals surface area contributed by atoms with E-state index in [0.29, 0.717) is 11.9 Å². The predicted octanol–water partition coefficient (Wildman–Crippen LogP) is 1.10. The van der Waals surface area contributed by atoms with E-state index >= 15 is 0 Å². The number of carbonyl (C=O) groups excluding carboxylic acids is 1. The number of nitrogens with zero attached hydrogens (tertiary/aromatic N) is 4. The molecule has 1 aromatic heterocycles. The lowest BCUT2D eigenvalue weighted by Crippen LogP contribution is -2.33. The molecule has 2 amide bonds. The number of hydrogen-bond donors (Lipinski definition) is 1. The minimum Gasteiger partial charge on any atom is -0.381 e. The second-order valence-corrected chi connectivity index (χ2v) is 4.85. The van der Waals surface area contributed by atoms with Gasteiger partial charge in [0.1, 0.15) is 6.33 Å². The number of hydrogen-bond acceptors (Lipinski definition) is 4. The maximum Gasteiger partial charge on any atom is 0.324 e. The Labute approximate surface area is 112 Å². The van der Waals surface area contributed by atoms with Gasteiger partial charge < -0.3 is 9.64 Å². The van der Waals surface area contributed by atoms with Crippen molar-refractivity contribution in [3.8, 4) is 0 Å². The highest BCUT2D eigenvalue weighted by molar-refractivity contribution is 5.87. The Balaban J connectivity index is 1.75. The molecule has 19 heavy (non-hydrogen) atoms. The maximum absolute atomic E-state index is 12.0. The topological polar surface area (TPSA) is 72.3 Å². The molecule has 0 spiro atoms. The van der Waals surface area contributed by atoms with Gasteiger partial charge in [0.2, 0.25) is 5.95 Å². The molecule has 1 aromatic rings. The van der Waals surface area contributed by atoms with Gasteiger partial charge in [-0.3, -0.25) is 10.00 Å². The Hall–Kier alpha value is -1.63. The lowest BCUT2D eigenvalue weighted by Gasteiger charge is -2.16. The molecule has 1 aliphatic heterocycles. The van der Waals surface area contributed by atoms with Crippen LogP contribution in [-0.4, -0.2) is 52.0 Å². The highest BCUT2D eigenvalue weighted by Gasteiger charge is 2.26. The smallest absolute Gasteiger partial charge is 0.324 e. The minimum atomic E-state index is -0.135. The molecule has 0 aliphatic carbocycles. The number of aryl methyl sites for hydroxylation is 1. The third kappa shape index (κ3) is 3.92. The fourth-order valence-electron chi connectivity index (χ4n) is 2.12. The summed E-state index contributed by atoms with van der Waals surface area (Å²) in [6, 6.07) is -0.135. The van der Waals surface area contributed by atoms with Crippen LogP contribution in [0.4, 0.5) is 10.7 Å². The van der Waals surface area contributed by atoms with Crippen LogP contribution in [0.25, 0.3) is 0 Å². The molecule has 0 radical (unpaired) electrons. The molecular weight excluding hydrogens is 246 g/mol. The molecule has 106 valence electrons. The van der Waals surface area contributed by atoms with Crippen LogP contribution in [0.3, 0.4) is 0 Å². The summed E-state index contributed by atoms with van der Waals surface area (Å²) in [5.74, 6) is 0.784. The van der Waals surface area contributed by atoms with Crippen LogP contribution in [0.5, 0.6) is 0 Å². The number of likely N-dealkylation sites (tertiary alicyclic amines) is 1. The summed E-state index contributed by atoms with van der Waals surface area (Å²) >= 11 is 0. The van der Waals surface area contributed by atoms with Crippen molar-refractivity contribution in [2.24, 2.45) is 13.0 Å². The quantitative estimate of drug-likeness (QED) is 0.811. The summed E-state index contributed by atoms with van der Waals surface area (Å²) in [7, 11) is 1.76. The molecule has 1 aliphatic rings. The second-order valence-electron chi connectivity index (χ2n) is 4.85. The average molecular weight is 267 g/mol. The summed E-state index contributed by atoms with van der Waals surface area (Å²) in [4.78, 5) is 17.7. The molecule has 1 fully saturated rings. The van der Waals surface area contributed by atoms with Crippen molar-refractivity contribution in [3.63, 3.8) is 0 Å². The van der Waals surface area contributed by atoms with Crippen molar-refractivity contribution >= 4 is 12.0 Å². The average Bonchev–Trinajstić information content (AvgIpc) is 2.99. The van der Waals surface area contributed by atoms with Gasteiger partial charge in [-0.2, -0.15) is 0 Å². The van der Waals surface area contributed by atoms with E-state index in [1.807, 2.05) is 0 Å². The van der Waals surface area contributed by atoms with E-state index in [-0.39, 0.29) is 6.03 Å². The monoisotopic (exact) mass is 267 g/mol. The van der Waals surface area contributed by atoms with Crippen molar-refractivity contribution in [3.05, 3.63) is 6.33 Å². The second kappa shape index (κ2) is 6.51. The number of urea groups is 1. The maximum atomic E-state index is 12.0. The molecule has 0 bridgehead atoms. The largest absolute Gasteiger partial charge is 0.381 e. The first kappa shape index (κ1) is 13.8. The molecule has 7 nitrogen and oxygen atoms in total. The van der Waals surface area contributed by atoms with E-state index in [1.165, 1.54) is 0 Å². The summed E-state index contributed by atoms with van der Waals surface area (Å²) in [6.45, 7) is 5.12. The number of nitrogens with one attached hydrogen (secondary N) is 1. The number of rotatable bonds is 5. The normalized spacial score (nSPS) is 18.8. The van der Waals surface area contributed by atoms with Gasteiger partial charge in [0.15, 0.2) is 0 Å². The highest BCUT2D eigenvalue weighted by atomic mass is 16.5. The van der Waals surface area contributed by atoms with Gasteiger partial charge in [0.25, 0.3) is 0 Å². The van der Waals surface area contributed by atoms with Crippen molar-refractivity contribution in [1.29, 1.82) is 0 Å². The Morgan fingerprint density at radius 2 is 2.47 bits per heavy atom. The van der Waals surface area contributed by atoms with Gasteiger partial charge in [0.05, 0.1) is 6.61 Å². The standard InChI is InChI=1S/C12H21N5O2/c1-3-6-19-8-10-4-5-17(7-10)12(18)14-11-13-9-16(2)15-11/h9-10H,3-8H2,1-2H3,(H,14,15,18). The molecule has 0 aromatic carbocycles. The number of aromatic nitrogens is 3. The van der Waals surface area contributed by atoms with Gasteiger partial charge in [-0.25, -0.2) is 9.78 Å². The van der Waals surface area contributed by atoms with Crippen LogP contribution in [0.1, 0.15) is 19.8 Å². The summed E-state index contributed by atoms with van der Waals surface area (Å²) < 4.78 is 7.09. The van der Waals surface area contributed by atoms with Crippen LogP contribution >= 0.6 is 0 Å². The number of ether oxygens (including phenoxy) is 1. The Morgan fingerprint density at radius 3 is 3.16 bits per heavy atom. The van der Waals surface area contributed by atoms with E-state index in [4.69, 9.17) is 4.74 Å². The van der Waals surface area contributed by atoms with E-state index in [1.54, 1.807) is 23.0 Å². The molecule has 2 heterocycles. The molecule has 1 unspecified atom stereocenters. The van der Waals surface area contributed by atoms with E-state index < -0.39 is 0 Å². The molecule has 7 heteroatoms. The molecule has 1 N–H and O–H groups in total. The summed E-state index contributed by atoms with van der Waals surface area (Å²) in [6.07, 6.45) is 3.58. The van der Waals surface area contributed by atoms with E-state index in [2.05, 4.69) is 22.3 Å². The Morgan fingerprint density at radius 1 is 1.63 bits per heavy atom. The van der Waals surface area contributed by atoms with Gasteiger partial charge >= 0.3 is 6.03 Å². The van der Waals surface area contributed by atoms with Crippen molar-refractivity contribution in [2.45, 2.75) is 19.8 Å². The van der Waals surface area contributed by atoms with Crippen LogP contribution < -0.4 is 5.32 Å².